The number of anilines is 1. The van der Waals surface area contributed by atoms with Gasteiger partial charge in [-0.15, -0.1) is 0 Å². The lowest BCUT2D eigenvalue weighted by Crippen LogP contribution is -2.29. The van der Waals surface area contributed by atoms with Crippen molar-refractivity contribution < 1.29 is 15.2 Å². The average molecular weight is 476 g/mol. The fourth-order valence-corrected chi connectivity index (χ4v) is 2.99. The second kappa shape index (κ2) is 21.7. The fraction of sp³-hybridized carbons (Fsp3) is 0.586. The standard InChI is InChI=1S/C19H26BNO3.C4H10.3C2H6/c1-4-18(19(2,3)22)15-7-5-14(6-8-15)13-21-17-11-9-16(10-12-17)20(23)24;1-4(2)3;3*1-2/h5-12,18,21-24H,4,13H2,1-3H3;4H,1-3H3;3*1-2H3. The summed E-state index contributed by atoms with van der Waals surface area (Å²) < 4.78 is 0. The second-order valence-electron chi connectivity index (χ2n) is 8.44. The molecule has 2 rings (SSSR count). The van der Waals surface area contributed by atoms with E-state index in [0.29, 0.717) is 12.0 Å². The van der Waals surface area contributed by atoms with Gasteiger partial charge in [0.1, 0.15) is 0 Å². The van der Waals surface area contributed by atoms with E-state index in [4.69, 9.17) is 10.0 Å². The Labute approximate surface area is 212 Å². The highest BCUT2D eigenvalue weighted by molar-refractivity contribution is 6.58. The molecule has 0 heterocycles. The Bertz CT molecular complexity index is 675. The first kappa shape index (κ1) is 36.7. The van der Waals surface area contributed by atoms with E-state index >= 15 is 0 Å². The molecule has 34 heavy (non-hydrogen) atoms. The van der Waals surface area contributed by atoms with Crippen LogP contribution in [0.4, 0.5) is 5.69 Å². The van der Waals surface area contributed by atoms with Crippen molar-refractivity contribution >= 4 is 18.3 Å². The highest BCUT2D eigenvalue weighted by Crippen LogP contribution is 2.31. The molecule has 0 bridgehead atoms. The molecule has 4 nitrogen and oxygen atoms in total. The van der Waals surface area contributed by atoms with Crippen LogP contribution >= 0.6 is 0 Å². The van der Waals surface area contributed by atoms with E-state index in [1.165, 1.54) is 0 Å². The molecular weight excluding hydrogens is 421 g/mol. The lowest BCUT2D eigenvalue weighted by molar-refractivity contribution is 0.0482. The summed E-state index contributed by atoms with van der Waals surface area (Å²) in [7, 11) is -1.44. The first-order valence-electron chi connectivity index (χ1n) is 13.1. The summed E-state index contributed by atoms with van der Waals surface area (Å²) >= 11 is 0. The van der Waals surface area contributed by atoms with E-state index in [-0.39, 0.29) is 5.92 Å². The van der Waals surface area contributed by atoms with E-state index in [9.17, 15) is 5.11 Å². The summed E-state index contributed by atoms with van der Waals surface area (Å²) in [6.07, 6.45) is 0.893. The van der Waals surface area contributed by atoms with Crippen LogP contribution in [0.3, 0.4) is 0 Å². The van der Waals surface area contributed by atoms with Crippen molar-refractivity contribution in [3.63, 3.8) is 0 Å². The molecular formula is C29H54BNO3. The van der Waals surface area contributed by atoms with Gasteiger partial charge in [0, 0.05) is 18.2 Å². The molecule has 0 amide bonds. The summed E-state index contributed by atoms with van der Waals surface area (Å²) in [5, 5.41) is 31.7. The van der Waals surface area contributed by atoms with Crippen LogP contribution in [0.25, 0.3) is 0 Å². The number of nitrogens with one attached hydrogen (secondary N) is 1. The first-order valence-corrected chi connectivity index (χ1v) is 13.1. The number of hydrogen-bond acceptors (Lipinski definition) is 4. The predicted molar refractivity (Wildman–Crippen MR) is 154 cm³/mol. The van der Waals surface area contributed by atoms with Crippen molar-refractivity contribution in [3.8, 4) is 0 Å². The summed E-state index contributed by atoms with van der Waals surface area (Å²) in [6, 6.07) is 15.3. The van der Waals surface area contributed by atoms with E-state index in [0.717, 1.165) is 29.2 Å². The van der Waals surface area contributed by atoms with Crippen LogP contribution in [-0.2, 0) is 6.54 Å². The molecule has 4 N–H and O–H groups in total. The lowest BCUT2D eigenvalue weighted by atomic mass is 9.80. The first-order chi connectivity index (χ1) is 16.0. The fourth-order valence-electron chi connectivity index (χ4n) is 2.99. The van der Waals surface area contributed by atoms with Gasteiger partial charge >= 0.3 is 7.12 Å². The van der Waals surface area contributed by atoms with Crippen LogP contribution in [0, 0.1) is 5.92 Å². The van der Waals surface area contributed by atoms with E-state index in [1.54, 1.807) is 12.1 Å². The van der Waals surface area contributed by atoms with E-state index in [2.05, 4.69) is 57.3 Å². The minimum absolute atomic E-state index is 0.122. The maximum Gasteiger partial charge on any atom is 0.488 e. The zero-order valence-electron chi connectivity index (χ0n) is 24.1. The minimum atomic E-state index is -1.44. The molecule has 0 fully saturated rings. The average Bonchev–Trinajstić information content (AvgIpc) is 2.82. The summed E-state index contributed by atoms with van der Waals surface area (Å²) in [5.41, 5.74) is 2.97. The van der Waals surface area contributed by atoms with Gasteiger partial charge in [-0.3, -0.25) is 0 Å². The van der Waals surface area contributed by atoms with Gasteiger partial charge in [-0.05, 0) is 54.9 Å². The third-order valence-electron chi connectivity index (χ3n) is 4.35. The number of hydrogen-bond donors (Lipinski definition) is 4. The summed E-state index contributed by atoms with van der Waals surface area (Å²) in [4.78, 5) is 0. The van der Waals surface area contributed by atoms with Crippen molar-refractivity contribution in [2.75, 3.05) is 5.32 Å². The lowest BCUT2D eigenvalue weighted by Gasteiger charge is -2.29. The molecule has 0 aliphatic rings. The van der Waals surface area contributed by atoms with Gasteiger partial charge in [-0.1, -0.05) is 106 Å². The van der Waals surface area contributed by atoms with Crippen LogP contribution in [0.2, 0.25) is 0 Å². The van der Waals surface area contributed by atoms with Gasteiger partial charge < -0.3 is 20.5 Å². The van der Waals surface area contributed by atoms with Crippen LogP contribution in [0.1, 0.15) is 107 Å². The van der Waals surface area contributed by atoms with Gasteiger partial charge in [-0.2, -0.15) is 0 Å². The summed E-state index contributed by atoms with van der Waals surface area (Å²) in [6.45, 7) is 25.0. The molecule has 0 aliphatic heterocycles. The molecule has 0 radical (unpaired) electrons. The predicted octanol–water partition coefficient (Wildman–Crippen LogP) is 6.98. The highest BCUT2D eigenvalue weighted by atomic mass is 16.4. The molecule has 196 valence electrons. The quantitative estimate of drug-likeness (QED) is 0.326. The van der Waals surface area contributed by atoms with Gasteiger partial charge in [0.2, 0.25) is 0 Å². The van der Waals surface area contributed by atoms with Gasteiger partial charge in [0.25, 0.3) is 0 Å². The molecule has 2 aromatic carbocycles. The van der Waals surface area contributed by atoms with Crippen molar-refractivity contribution in [3.05, 3.63) is 59.7 Å². The van der Waals surface area contributed by atoms with Crippen LogP contribution in [-0.4, -0.2) is 27.9 Å². The Morgan fingerprint density at radius 2 is 1.21 bits per heavy atom. The third kappa shape index (κ3) is 16.7. The zero-order chi connectivity index (χ0) is 27.3. The molecule has 5 heteroatoms. The minimum Gasteiger partial charge on any atom is -0.423 e. The molecule has 0 spiro atoms. The monoisotopic (exact) mass is 475 g/mol. The topological polar surface area (TPSA) is 72.7 Å². The molecule has 0 aliphatic carbocycles. The maximum absolute atomic E-state index is 10.3. The van der Waals surface area contributed by atoms with Crippen LogP contribution in [0.5, 0.6) is 0 Å². The van der Waals surface area contributed by atoms with Crippen molar-refractivity contribution in [1.29, 1.82) is 0 Å². The van der Waals surface area contributed by atoms with Crippen molar-refractivity contribution in [2.45, 2.75) is 108 Å². The highest BCUT2D eigenvalue weighted by Gasteiger charge is 2.26. The van der Waals surface area contributed by atoms with Gasteiger partial charge in [0.05, 0.1) is 5.60 Å². The summed E-state index contributed by atoms with van der Waals surface area (Å²) in [5.74, 6) is 0.956. The Morgan fingerprint density at radius 1 is 0.794 bits per heavy atom. The molecule has 1 unspecified atom stereocenters. The van der Waals surface area contributed by atoms with Crippen molar-refractivity contribution in [1.82, 2.24) is 0 Å². The Hall–Kier alpha value is -1.82. The zero-order valence-corrected chi connectivity index (χ0v) is 24.1. The Kier molecular flexibility index (Phi) is 23.5. The number of rotatable bonds is 7. The van der Waals surface area contributed by atoms with Crippen LogP contribution < -0.4 is 10.8 Å². The maximum atomic E-state index is 10.3. The van der Waals surface area contributed by atoms with Crippen LogP contribution in [0.15, 0.2) is 48.5 Å². The molecule has 0 aromatic heterocycles. The third-order valence-corrected chi connectivity index (χ3v) is 4.35. The van der Waals surface area contributed by atoms with Gasteiger partial charge in [-0.25, -0.2) is 0 Å². The van der Waals surface area contributed by atoms with Gasteiger partial charge in [0.15, 0.2) is 0 Å². The normalized spacial score (nSPS) is 10.6. The molecule has 1 atom stereocenters. The smallest absolute Gasteiger partial charge is 0.423 e. The Balaban J connectivity index is -0.000000835. The number of aliphatic hydroxyl groups is 1. The Morgan fingerprint density at radius 3 is 1.53 bits per heavy atom. The largest absolute Gasteiger partial charge is 0.488 e. The van der Waals surface area contributed by atoms with Crippen molar-refractivity contribution in [2.24, 2.45) is 5.92 Å². The molecule has 2 aromatic rings. The van der Waals surface area contributed by atoms with E-state index in [1.807, 2.05) is 67.5 Å². The SMILES string of the molecule is CC.CC.CC.CC(C)C.CCC(c1ccc(CNc2ccc(B(O)O)cc2)cc1)C(C)(C)O. The molecule has 0 saturated heterocycles. The second-order valence-corrected chi connectivity index (χ2v) is 8.44. The number of benzene rings is 2. The molecule has 0 saturated carbocycles. The van der Waals surface area contributed by atoms with E-state index < -0.39 is 12.7 Å².